The number of carbonyl (C=O) groups is 1. The Kier molecular flexibility index (Phi) is 5.21. The lowest BCUT2D eigenvalue weighted by Gasteiger charge is -2.19. The summed E-state index contributed by atoms with van der Waals surface area (Å²) < 4.78 is 10.8. The highest BCUT2D eigenvalue weighted by Gasteiger charge is 2.24. The maximum atomic E-state index is 12.1. The van der Waals surface area contributed by atoms with Crippen molar-refractivity contribution in [2.75, 3.05) is 31.7 Å². The number of methoxy groups -OCH3 is 1. The number of hydrogen-bond acceptors (Lipinski definition) is 4. The first-order valence-corrected chi connectivity index (χ1v) is 8.11. The Hall–Kier alpha value is -2.69. The van der Waals surface area contributed by atoms with Crippen molar-refractivity contribution in [1.29, 1.82) is 0 Å². The minimum Gasteiger partial charge on any atom is -0.493 e. The first-order valence-electron chi connectivity index (χ1n) is 8.11. The Labute approximate surface area is 142 Å². The van der Waals surface area contributed by atoms with Crippen LogP contribution in [-0.2, 0) is 4.79 Å². The molecule has 126 valence electrons. The van der Waals surface area contributed by atoms with Crippen LogP contribution in [0.2, 0.25) is 0 Å². The predicted octanol–water partition coefficient (Wildman–Crippen LogP) is 2.47. The van der Waals surface area contributed by atoms with Gasteiger partial charge in [-0.3, -0.25) is 4.79 Å². The minimum atomic E-state index is -0.110. The quantitative estimate of drug-likeness (QED) is 0.886. The van der Waals surface area contributed by atoms with Crippen molar-refractivity contribution in [3.63, 3.8) is 0 Å². The lowest BCUT2D eigenvalue weighted by Crippen LogP contribution is -2.39. The van der Waals surface area contributed by atoms with Crippen LogP contribution in [0, 0.1) is 0 Å². The zero-order valence-electron chi connectivity index (χ0n) is 13.8. The summed E-state index contributed by atoms with van der Waals surface area (Å²) in [4.78, 5) is 14.4. The van der Waals surface area contributed by atoms with E-state index >= 15 is 0 Å². The summed E-state index contributed by atoms with van der Waals surface area (Å²) in [6.45, 7) is 1.76. The van der Waals surface area contributed by atoms with E-state index in [1.807, 2.05) is 36.4 Å². The number of ether oxygens (including phenoxy) is 2. The number of para-hydroxylation sites is 3. The molecule has 1 atom stereocenters. The van der Waals surface area contributed by atoms with E-state index in [1.54, 1.807) is 13.2 Å². The Bertz CT molecular complexity index is 675. The number of carbonyl (C=O) groups excluding carboxylic acids is 1. The van der Waals surface area contributed by atoms with E-state index < -0.39 is 0 Å². The van der Waals surface area contributed by atoms with Crippen LogP contribution in [0.5, 0.6) is 11.5 Å². The fraction of sp³-hybridized carbons (Fsp3) is 0.316. The van der Waals surface area contributed by atoms with Crippen LogP contribution in [0.25, 0.3) is 0 Å². The van der Waals surface area contributed by atoms with Crippen LogP contribution in [0.1, 0.15) is 6.42 Å². The molecule has 0 saturated carbocycles. The monoisotopic (exact) mass is 326 g/mol. The summed E-state index contributed by atoms with van der Waals surface area (Å²) in [5, 5.41) is 3.04. The van der Waals surface area contributed by atoms with Crippen molar-refractivity contribution in [3.8, 4) is 11.5 Å². The first-order chi connectivity index (χ1) is 11.8. The molecule has 0 unspecified atom stereocenters. The van der Waals surface area contributed by atoms with Crippen molar-refractivity contribution >= 4 is 11.6 Å². The molecule has 0 aromatic heterocycles. The van der Waals surface area contributed by atoms with Gasteiger partial charge in [-0.05, 0) is 30.7 Å². The molecule has 1 aliphatic rings. The third-order valence-corrected chi connectivity index (χ3v) is 4.10. The third kappa shape index (κ3) is 3.98. The molecule has 1 N–H and O–H groups in total. The van der Waals surface area contributed by atoms with Gasteiger partial charge in [0.15, 0.2) is 18.1 Å². The van der Waals surface area contributed by atoms with Crippen molar-refractivity contribution in [3.05, 3.63) is 54.6 Å². The molecule has 5 heteroatoms. The molecular formula is C19H22N2O3. The van der Waals surface area contributed by atoms with Gasteiger partial charge >= 0.3 is 0 Å². The van der Waals surface area contributed by atoms with Gasteiger partial charge in [0.25, 0.3) is 5.91 Å². The molecule has 2 aromatic carbocycles. The van der Waals surface area contributed by atoms with Gasteiger partial charge in [0, 0.05) is 24.8 Å². The summed E-state index contributed by atoms with van der Waals surface area (Å²) in [5.41, 5.74) is 1.19. The maximum Gasteiger partial charge on any atom is 0.258 e. The summed E-state index contributed by atoms with van der Waals surface area (Å²) in [6.07, 6.45) is 0.940. The second-order valence-corrected chi connectivity index (χ2v) is 5.77. The van der Waals surface area contributed by atoms with Crippen LogP contribution in [0.15, 0.2) is 54.6 Å². The van der Waals surface area contributed by atoms with Gasteiger partial charge in [0.2, 0.25) is 0 Å². The van der Waals surface area contributed by atoms with Crippen LogP contribution in [-0.4, -0.2) is 38.8 Å². The number of anilines is 1. The van der Waals surface area contributed by atoms with E-state index in [-0.39, 0.29) is 18.6 Å². The van der Waals surface area contributed by atoms with Crippen LogP contribution in [0.3, 0.4) is 0 Å². The molecule has 0 aliphatic carbocycles. The van der Waals surface area contributed by atoms with Crippen molar-refractivity contribution in [2.45, 2.75) is 12.5 Å². The molecule has 2 aromatic rings. The van der Waals surface area contributed by atoms with Gasteiger partial charge in [-0.1, -0.05) is 30.3 Å². The fourth-order valence-electron chi connectivity index (χ4n) is 2.90. The molecule has 1 fully saturated rings. The molecule has 0 spiro atoms. The third-order valence-electron chi connectivity index (χ3n) is 4.10. The second-order valence-electron chi connectivity index (χ2n) is 5.77. The van der Waals surface area contributed by atoms with Crippen LogP contribution in [0.4, 0.5) is 5.69 Å². The van der Waals surface area contributed by atoms with Crippen LogP contribution >= 0.6 is 0 Å². The Morgan fingerprint density at radius 2 is 1.83 bits per heavy atom. The van der Waals surface area contributed by atoms with Gasteiger partial charge in [0.05, 0.1) is 7.11 Å². The molecule has 1 amide bonds. The molecule has 0 bridgehead atoms. The number of hydrogen-bond donors (Lipinski definition) is 1. The van der Waals surface area contributed by atoms with Crippen molar-refractivity contribution < 1.29 is 14.3 Å². The standard InChI is InChI=1S/C19H22N2O3/c1-23-17-9-5-6-10-18(17)24-14-19(22)20-15-11-12-21(13-15)16-7-3-2-4-8-16/h2-10,15H,11-14H2,1H3,(H,20,22)/t15-/m0/s1. The van der Waals surface area contributed by atoms with E-state index in [9.17, 15) is 4.79 Å². The zero-order valence-corrected chi connectivity index (χ0v) is 13.8. The largest absolute Gasteiger partial charge is 0.493 e. The number of amides is 1. The van der Waals surface area contributed by atoms with Crippen LogP contribution < -0.4 is 19.7 Å². The summed E-state index contributed by atoms with van der Waals surface area (Å²) in [6, 6.07) is 17.7. The Morgan fingerprint density at radius 3 is 2.58 bits per heavy atom. The molecule has 3 rings (SSSR count). The van der Waals surface area contributed by atoms with Gasteiger partial charge in [-0.2, -0.15) is 0 Å². The molecular weight excluding hydrogens is 304 g/mol. The molecule has 5 nitrogen and oxygen atoms in total. The SMILES string of the molecule is COc1ccccc1OCC(=O)N[C@H]1CCN(c2ccccc2)C1. The minimum absolute atomic E-state index is 0.0117. The predicted molar refractivity (Wildman–Crippen MR) is 93.7 cm³/mol. The molecule has 1 heterocycles. The molecule has 0 radical (unpaired) electrons. The van der Waals surface area contributed by atoms with Gasteiger partial charge in [-0.15, -0.1) is 0 Å². The van der Waals surface area contributed by atoms with Gasteiger partial charge in [-0.25, -0.2) is 0 Å². The smallest absolute Gasteiger partial charge is 0.258 e. The summed E-state index contributed by atoms with van der Waals surface area (Å²) >= 11 is 0. The lowest BCUT2D eigenvalue weighted by atomic mass is 10.2. The Morgan fingerprint density at radius 1 is 1.12 bits per heavy atom. The van der Waals surface area contributed by atoms with E-state index in [4.69, 9.17) is 9.47 Å². The second kappa shape index (κ2) is 7.73. The van der Waals surface area contributed by atoms with E-state index in [2.05, 4.69) is 22.3 Å². The summed E-state index contributed by atoms with van der Waals surface area (Å²) in [7, 11) is 1.58. The van der Waals surface area contributed by atoms with Gasteiger partial charge in [0.1, 0.15) is 0 Å². The average molecular weight is 326 g/mol. The zero-order chi connectivity index (χ0) is 16.8. The van der Waals surface area contributed by atoms with Crippen molar-refractivity contribution in [2.24, 2.45) is 0 Å². The normalized spacial score (nSPS) is 16.7. The fourth-order valence-corrected chi connectivity index (χ4v) is 2.90. The molecule has 24 heavy (non-hydrogen) atoms. The lowest BCUT2D eigenvalue weighted by molar-refractivity contribution is -0.123. The van der Waals surface area contributed by atoms with E-state index in [1.165, 1.54) is 5.69 Å². The maximum absolute atomic E-state index is 12.1. The highest BCUT2D eigenvalue weighted by Crippen LogP contribution is 2.25. The number of benzene rings is 2. The van der Waals surface area contributed by atoms with Gasteiger partial charge < -0.3 is 19.7 Å². The van der Waals surface area contributed by atoms with Crippen molar-refractivity contribution in [1.82, 2.24) is 5.32 Å². The molecule has 1 aliphatic heterocycles. The summed E-state index contributed by atoms with van der Waals surface area (Å²) in [5.74, 6) is 1.09. The topological polar surface area (TPSA) is 50.8 Å². The highest BCUT2D eigenvalue weighted by atomic mass is 16.5. The van der Waals surface area contributed by atoms with E-state index in [0.717, 1.165) is 19.5 Å². The Balaban J connectivity index is 1.48. The number of nitrogens with one attached hydrogen (secondary N) is 1. The first kappa shape index (κ1) is 16.2. The highest BCUT2D eigenvalue weighted by molar-refractivity contribution is 5.78. The number of nitrogens with zero attached hydrogens (tertiary/aromatic N) is 1. The number of rotatable bonds is 6. The molecule has 1 saturated heterocycles. The average Bonchev–Trinajstić information content (AvgIpc) is 3.09. The van der Waals surface area contributed by atoms with E-state index in [0.29, 0.717) is 11.5 Å².